The number of imidazole rings is 1. The zero-order valence-electron chi connectivity index (χ0n) is 23.1. The lowest BCUT2D eigenvalue weighted by molar-refractivity contribution is -0.117. The third kappa shape index (κ3) is 5.83. The van der Waals surface area contributed by atoms with Crippen LogP contribution in [0.15, 0.2) is 97.6 Å². The van der Waals surface area contributed by atoms with Gasteiger partial charge >= 0.3 is 0 Å². The molecule has 10 heteroatoms. The summed E-state index contributed by atoms with van der Waals surface area (Å²) >= 11 is 0. The lowest BCUT2D eigenvalue weighted by Crippen LogP contribution is -2.34. The number of nitrogens with one attached hydrogen (secondary N) is 2. The van der Waals surface area contributed by atoms with Gasteiger partial charge in [-0.05, 0) is 44.2 Å². The molecule has 1 aliphatic rings. The lowest BCUT2D eigenvalue weighted by atomic mass is 9.96. The molecule has 0 unspecified atom stereocenters. The van der Waals surface area contributed by atoms with Crippen LogP contribution in [0.3, 0.4) is 0 Å². The number of carbonyl (C=O) groups is 3. The number of hydrogen-bond acceptors (Lipinski definition) is 4. The van der Waals surface area contributed by atoms with Gasteiger partial charge in [-0.15, -0.1) is 0 Å². The Morgan fingerprint density at radius 3 is 2.38 bits per heavy atom. The van der Waals surface area contributed by atoms with Crippen LogP contribution in [0.4, 0.5) is 20.2 Å². The molecule has 0 saturated carbocycles. The summed E-state index contributed by atoms with van der Waals surface area (Å²) in [5, 5.41) is 5.46. The summed E-state index contributed by atoms with van der Waals surface area (Å²) in [6, 6.07) is 19.6. The minimum atomic E-state index is -3.38. The van der Waals surface area contributed by atoms with Crippen LogP contribution in [0, 0.1) is 0 Å². The third-order valence-corrected chi connectivity index (χ3v) is 6.79. The van der Waals surface area contributed by atoms with Crippen LogP contribution in [0.2, 0.25) is 0 Å². The zero-order chi connectivity index (χ0) is 29.9. The molecular formula is C32H29F2N5O3. The van der Waals surface area contributed by atoms with E-state index in [2.05, 4.69) is 15.6 Å². The molecule has 8 nitrogen and oxygen atoms in total. The van der Waals surface area contributed by atoms with Crippen molar-refractivity contribution >= 4 is 34.7 Å². The highest BCUT2D eigenvalue weighted by Crippen LogP contribution is 2.43. The molecule has 0 spiro atoms. The smallest absolute Gasteiger partial charge is 0.275 e. The fraction of sp³-hybridized carbons (Fsp3) is 0.188. The van der Waals surface area contributed by atoms with Crippen molar-refractivity contribution in [2.45, 2.75) is 32.2 Å². The van der Waals surface area contributed by atoms with Crippen LogP contribution in [-0.4, -0.2) is 45.8 Å². The summed E-state index contributed by atoms with van der Waals surface area (Å²) < 4.78 is 32.7. The second kappa shape index (κ2) is 11.8. The van der Waals surface area contributed by atoms with Crippen molar-refractivity contribution in [3.8, 4) is 5.69 Å². The molecule has 0 radical (unpaired) electrons. The van der Waals surface area contributed by atoms with Gasteiger partial charge in [-0.3, -0.25) is 14.4 Å². The second-order valence-electron chi connectivity index (χ2n) is 10.1. The predicted molar refractivity (Wildman–Crippen MR) is 157 cm³/mol. The SMILES string of the molecule is CC(C)NC(=O)C=C1c2ccccc2N(C(=O)c2cccc(C(=O)Nc3ccccc3)c2-n2ccnc2)CCC1(F)F. The number of aromatic nitrogens is 2. The normalized spacial score (nSPS) is 15.2. The molecule has 2 heterocycles. The standard InChI is InChI=1S/C32H29F2N5O3/c1-21(2)36-28(40)19-26-23-11-6-7-14-27(23)39(17-15-32(26,33)34)31(42)25-13-8-12-24(29(25)38-18-16-35-20-38)30(41)37-22-9-4-3-5-10-22/h3-14,16,18-21H,15,17H2,1-2H3,(H,36,40)(H,37,41). The Bertz CT molecular complexity index is 1650. The van der Waals surface area contributed by atoms with Crippen LogP contribution in [0.5, 0.6) is 0 Å². The van der Waals surface area contributed by atoms with Crippen LogP contribution in [0.1, 0.15) is 46.5 Å². The first-order chi connectivity index (χ1) is 20.2. The minimum absolute atomic E-state index is 0.0782. The number of hydrogen-bond donors (Lipinski definition) is 2. The average molecular weight is 570 g/mol. The predicted octanol–water partition coefficient (Wildman–Crippen LogP) is 5.72. The van der Waals surface area contributed by atoms with Gasteiger partial charge in [0.05, 0.1) is 28.8 Å². The molecule has 0 fully saturated rings. The van der Waals surface area contributed by atoms with E-state index in [-0.39, 0.29) is 40.7 Å². The van der Waals surface area contributed by atoms with Gasteiger partial charge in [0.1, 0.15) is 0 Å². The number of nitrogens with zero attached hydrogens (tertiary/aromatic N) is 3. The fourth-order valence-corrected chi connectivity index (χ4v) is 4.93. The van der Waals surface area contributed by atoms with Gasteiger partial charge in [0, 0.05) is 54.3 Å². The van der Waals surface area contributed by atoms with E-state index >= 15 is 8.78 Å². The van der Waals surface area contributed by atoms with E-state index in [1.165, 1.54) is 23.5 Å². The van der Waals surface area contributed by atoms with Gasteiger partial charge in [0.2, 0.25) is 5.91 Å². The van der Waals surface area contributed by atoms with Gasteiger partial charge in [-0.25, -0.2) is 13.8 Å². The van der Waals surface area contributed by atoms with E-state index in [1.807, 2.05) is 6.07 Å². The van der Waals surface area contributed by atoms with Crippen molar-refractivity contribution < 1.29 is 23.2 Å². The molecule has 3 amide bonds. The average Bonchev–Trinajstić information content (AvgIpc) is 3.47. The van der Waals surface area contributed by atoms with Crippen LogP contribution in [0.25, 0.3) is 11.3 Å². The monoisotopic (exact) mass is 569 g/mol. The molecular weight excluding hydrogens is 540 g/mol. The Kier molecular flexibility index (Phi) is 7.97. The maximum absolute atomic E-state index is 15.6. The first-order valence-electron chi connectivity index (χ1n) is 13.4. The molecule has 2 N–H and O–H groups in total. The van der Waals surface area contributed by atoms with Gasteiger partial charge in [-0.1, -0.05) is 42.5 Å². The Hall–Kier alpha value is -5.12. The molecule has 0 bridgehead atoms. The number of halogens is 2. The number of alkyl halides is 2. The fourth-order valence-electron chi connectivity index (χ4n) is 4.93. The third-order valence-electron chi connectivity index (χ3n) is 6.79. The van der Waals surface area contributed by atoms with Gasteiger partial charge in [0.15, 0.2) is 0 Å². The molecule has 3 aromatic carbocycles. The quantitative estimate of drug-likeness (QED) is 0.291. The number of allylic oxidation sites excluding steroid dienone is 1. The van der Waals surface area contributed by atoms with E-state index in [0.717, 1.165) is 6.08 Å². The number of carbonyl (C=O) groups excluding carboxylic acids is 3. The summed E-state index contributed by atoms with van der Waals surface area (Å²) in [4.78, 5) is 45.6. The molecule has 0 aliphatic carbocycles. The Balaban J connectivity index is 1.60. The van der Waals surface area contributed by atoms with E-state index in [4.69, 9.17) is 0 Å². The summed E-state index contributed by atoms with van der Waals surface area (Å²) in [5.41, 5.74) is 0.999. The van der Waals surface area contributed by atoms with Crippen molar-refractivity contribution in [3.63, 3.8) is 0 Å². The van der Waals surface area contributed by atoms with E-state index in [9.17, 15) is 14.4 Å². The van der Waals surface area contributed by atoms with Crippen LogP contribution < -0.4 is 15.5 Å². The van der Waals surface area contributed by atoms with E-state index in [0.29, 0.717) is 5.69 Å². The molecule has 214 valence electrons. The van der Waals surface area contributed by atoms with Crippen LogP contribution in [-0.2, 0) is 4.79 Å². The van der Waals surface area contributed by atoms with Crippen molar-refractivity contribution in [3.05, 3.63) is 114 Å². The van der Waals surface area contributed by atoms with Crippen molar-refractivity contribution in [2.75, 3.05) is 16.8 Å². The number of rotatable bonds is 6. The largest absolute Gasteiger partial charge is 0.350 e. The Morgan fingerprint density at radius 2 is 1.67 bits per heavy atom. The minimum Gasteiger partial charge on any atom is -0.350 e. The summed E-state index contributed by atoms with van der Waals surface area (Å²) in [6.45, 7) is 3.15. The molecule has 4 aromatic rings. The summed E-state index contributed by atoms with van der Waals surface area (Å²) in [6.07, 6.45) is 4.79. The second-order valence-corrected chi connectivity index (χ2v) is 10.1. The van der Waals surface area contributed by atoms with Gasteiger partial charge in [0.25, 0.3) is 17.7 Å². The number of benzene rings is 3. The van der Waals surface area contributed by atoms with Crippen molar-refractivity contribution in [1.82, 2.24) is 14.9 Å². The Labute approximate surface area is 241 Å². The zero-order valence-corrected chi connectivity index (χ0v) is 23.1. The number of para-hydroxylation sites is 3. The summed E-state index contributed by atoms with van der Waals surface area (Å²) in [7, 11) is 0. The number of anilines is 2. The number of amides is 3. The molecule has 42 heavy (non-hydrogen) atoms. The van der Waals surface area contributed by atoms with Gasteiger partial charge in [-0.2, -0.15) is 0 Å². The lowest BCUT2D eigenvalue weighted by Gasteiger charge is -2.25. The van der Waals surface area contributed by atoms with Crippen LogP contribution >= 0.6 is 0 Å². The Morgan fingerprint density at radius 1 is 0.952 bits per heavy atom. The highest BCUT2D eigenvalue weighted by molar-refractivity contribution is 6.15. The molecule has 1 aliphatic heterocycles. The maximum atomic E-state index is 15.6. The van der Waals surface area contributed by atoms with Crippen molar-refractivity contribution in [1.29, 1.82) is 0 Å². The molecule has 0 atom stereocenters. The highest BCUT2D eigenvalue weighted by Gasteiger charge is 2.42. The highest BCUT2D eigenvalue weighted by atomic mass is 19.3. The number of fused-ring (bicyclic) bond motifs is 1. The van der Waals surface area contributed by atoms with E-state index in [1.54, 1.807) is 85.3 Å². The van der Waals surface area contributed by atoms with Crippen molar-refractivity contribution in [2.24, 2.45) is 0 Å². The first kappa shape index (κ1) is 28.4. The first-order valence-corrected chi connectivity index (χ1v) is 13.4. The summed E-state index contributed by atoms with van der Waals surface area (Å²) in [5.74, 6) is -5.06. The molecule has 0 saturated heterocycles. The van der Waals surface area contributed by atoms with Gasteiger partial charge < -0.3 is 20.1 Å². The van der Waals surface area contributed by atoms with E-state index < -0.39 is 35.6 Å². The topological polar surface area (TPSA) is 96.3 Å². The maximum Gasteiger partial charge on any atom is 0.275 e. The molecule has 5 rings (SSSR count). The molecule has 1 aromatic heterocycles.